The standard InChI is InChI=1S/C17H36N3O3P/c1-3-22-24(21,23-4-2)16-15-20-12-7-17(8-13-20)18-9-14-19-10-5-6-11-19/h17-18H,3-16H2,1-2H3. The number of nitrogens with zero attached hydrogens (tertiary/aromatic N) is 2. The molecule has 0 amide bonds. The molecule has 0 aliphatic carbocycles. The summed E-state index contributed by atoms with van der Waals surface area (Å²) < 4.78 is 23.2. The minimum atomic E-state index is -2.89. The Kier molecular flexibility index (Phi) is 9.23. The Balaban J connectivity index is 1.58. The van der Waals surface area contributed by atoms with Crippen molar-refractivity contribution in [3.63, 3.8) is 0 Å². The molecule has 1 N–H and O–H groups in total. The minimum absolute atomic E-state index is 0.445. The second-order valence-electron chi connectivity index (χ2n) is 6.79. The van der Waals surface area contributed by atoms with E-state index >= 15 is 0 Å². The fourth-order valence-corrected chi connectivity index (χ4v) is 5.26. The fourth-order valence-electron chi connectivity index (χ4n) is 3.62. The zero-order chi connectivity index (χ0) is 17.3. The number of piperidine rings is 1. The monoisotopic (exact) mass is 361 g/mol. The second-order valence-corrected chi connectivity index (χ2v) is 8.97. The van der Waals surface area contributed by atoms with E-state index in [4.69, 9.17) is 9.05 Å². The van der Waals surface area contributed by atoms with Crippen LogP contribution in [0.1, 0.15) is 39.5 Å². The highest BCUT2D eigenvalue weighted by Gasteiger charge is 2.26. The fraction of sp³-hybridized carbons (Fsp3) is 1.00. The molecular formula is C17H36N3O3P. The first-order chi connectivity index (χ1) is 11.6. The number of likely N-dealkylation sites (tertiary alicyclic amines) is 2. The van der Waals surface area contributed by atoms with E-state index in [0.717, 1.165) is 26.2 Å². The maximum absolute atomic E-state index is 12.5. The van der Waals surface area contributed by atoms with Crippen LogP contribution in [0.4, 0.5) is 0 Å². The summed E-state index contributed by atoms with van der Waals surface area (Å²) in [5.41, 5.74) is 0. The lowest BCUT2D eigenvalue weighted by atomic mass is 10.1. The minimum Gasteiger partial charge on any atom is -0.313 e. The van der Waals surface area contributed by atoms with Crippen LogP contribution in [-0.2, 0) is 13.6 Å². The van der Waals surface area contributed by atoms with Crippen molar-refractivity contribution in [2.45, 2.75) is 45.6 Å². The summed E-state index contributed by atoms with van der Waals surface area (Å²) >= 11 is 0. The van der Waals surface area contributed by atoms with Crippen LogP contribution in [-0.4, -0.2) is 81.0 Å². The highest BCUT2D eigenvalue weighted by Crippen LogP contribution is 2.47. The third-order valence-corrected chi connectivity index (χ3v) is 7.04. The highest BCUT2D eigenvalue weighted by atomic mass is 31.2. The normalized spacial score (nSPS) is 21.6. The summed E-state index contributed by atoms with van der Waals surface area (Å²) in [6.45, 7) is 12.4. The van der Waals surface area contributed by atoms with Crippen LogP contribution in [0.2, 0.25) is 0 Å². The van der Waals surface area contributed by atoms with Gasteiger partial charge in [-0.05, 0) is 65.7 Å². The zero-order valence-electron chi connectivity index (χ0n) is 15.5. The van der Waals surface area contributed by atoms with Crippen LogP contribution in [0.25, 0.3) is 0 Å². The van der Waals surface area contributed by atoms with E-state index < -0.39 is 7.60 Å². The van der Waals surface area contributed by atoms with Gasteiger partial charge in [-0.2, -0.15) is 0 Å². The van der Waals surface area contributed by atoms with Gasteiger partial charge in [0.2, 0.25) is 0 Å². The van der Waals surface area contributed by atoms with Gasteiger partial charge in [-0.3, -0.25) is 4.57 Å². The van der Waals surface area contributed by atoms with Crippen LogP contribution in [0.15, 0.2) is 0 Å². The van der Waals surface area contributed by atoms with Crippen LogP contribution in [0.3, 0.4) is 0 Å². The summed E-state index contributed by atoms with van der Waals surface area (Å²) in [5, 5.41) is 3.71. The SMILES string of the molecule is CCOP(=O)(CCN1CCC(NCCN2CCCC2)CC1)OCC. The number of hydrogen-bond acceptors (Lipinski definition) is 6. The molecule has 6 nitrogen and oxygen atoms in total. The van der Waals surface area contributed by atoms with Crippen LogP contribution < -0.4 is 5.32 Å². The molecule has 0 unspecified atom stereocenters. The van der Waals surface area contributed by atoms with Crippen LogP contribution in [0.5, 0.6) is 0 Å². The summed E-state index contributed by atoms with van der Waals surface area (Å²) in [4.78, 5) is 4.95. The Morgan fingerprint density at radius 3 is 2.12 bits per heavy atom. The summed E-state index contributed by atoms with van der Waals surface area (Å²) in [5.74, 6) is 0. The van der Waals surface area contributed by atoms with Crippen molar-refractivity contribution < 1.29 is 13.6 Å². The van der Waals surface area contributed by atoms with Gasteiger partial charge in [0.15, 0.2) is 0 Å². The van der Waals surface area contributed by atoms with Gasteiger partial charge in [0.25, 0.3) is 0 Å². The number of hydrogen-bond donors (Lipinski definition) is 1. The molecule has 2 heterocycles. The molecule has 2 rings (SSSR count). The molecule has 2 aliphatic rings. The van der Waals surface area contributed by atoms with E-state index in [2.05, 4.69) is 15.1 Å². The van der Waals surface area contributed by atoms with Gasteiger partial charge in [0.05, 0.1) is 19.4 Å². The maximum atomic E-state index is 12.5. The largest absolute Gasteiger partial charge is 0.331 e. The number of nitrogens with one attached hydrogen (secondary N) is 1. The molecule has 2 aliphatic heterocycles. The molecule has 2 saturated heterocycles. The number of rotatable bonds is 11. The van der Waals surface area contributed by atoms with Gasteiger partial charge in [-0.25, -0.2) is 0 Å². The lowest BCUT2D eigenvalue weighted by Gasteiger charge is -2.33. The van der Waals surface area contributed by atoms with E-state index in [1.807, 2.05) is 13.8 Å². The quantitative estimate of drug-likeness (QED) is 0.571. The van der Waals surface area contributed by atoms with Crippen molar-refractivity contribution >= 4 is 7.60 Å². The maximum Gasteiger partial charge on any atom is 0.331 e. The Labute approximate surface area is 147 Å². The zero-order valence-corrected chi connectivity index (χ0v) is 16.4. The first kappa shape index (κ1) is 20.3. The average molecular weight is 361 g/mol. The Morgan fingerprint density at radius 1 is 0.958 bits per heavy atom. The average Bonchev–Trinajstić information content (AvgIpc) is 3.08. The van der Waals surface area contributed by atoms with Gasteiger partial charge in [0, 0.05) is 25.7 Å². The first-order valence-corrected chi connectivity index (χ1v) is 11.4. The molecule has 0 atom stereocenters. The van der Waals surface area contributed by atoms with E-state index in [-0.39, 0.29) is 0 Å². The topological polar surface area (TPSA) is 54.0 Å². The smallest absolute Gasteiger partial charge is 0.313 e. The summed E-state index contributed by atoms with van der Waals surface area (Å²) in [6.07, 6.45) is 5.58. The Morgan fingerprint density at radius 2 is 1.54 bits per heavy atom. The van der Waals surface area contributed by atoms with Crippen molar-refractivity contribution in [3.05, 3.63) is 0 Å². The summed E-state index contributed by atoms with van der Waals surface area (Å²) in [7, 11) is -2.89. The molecule has 0 aromatic carbocycles. The van der Waals surface area contributed by atoms with Gasteiger partial charge in [0.1, 0.15) is 0 Å². The van der Waals surface area contributed by atoms with Crippen molar-refractivity contribution in [1.82, 2.24) is 15.1 Å². The van der Waals surface area contributed by atoms with Crippen LogP contribution >= 0.6 is 7.60 Å². The highest BCUT2D eigenvalue weighted by molar-refractivity contribution is 7.53. The van der Waals surface area contributed by atoms with E-state index in [1.165, 1.54) is 45.3 Å². The molecule has 0 aromatic heterocycles. The Bertz CT molecular complexity index is 373. The molecule has 2 fully saturated rings. The first-order valence-electron chi connectivity index (χ1n) is 9.71. The molecule has 0 aromatic rings. The van der Waals surface area contributed by atoms with E-state index in [9.17, 15) is 4.57 Å². The molecule has 24 heavy (non-hydrogen) atoms. The summed E-state index contributed by atoms with van der Waals surface area (Å²) in [6, 6.07) is 0.634. The predicted octanol–water partition coefficient (Wildman–Crippen LogP) is 2.40. The molecule has 0 radical (unpaired) electrons. The molecule has 0 saturated carbocycles. The van der Waals surface area contributed by atoms with Gasteiger partial charge in [-0.1, -0.05) is 0 Å². The predicted molar refractivity (Wildman–Crippen MR) is 98.9 cm³/mol. The van der Waals surface area contributed by atoms with Crippen molar-refractivity contribution in [2.24, 2.45) is 0 Å². The van der Waals surface area contributed by atoms with Crippen molar-refractivity contribution in [1.29, 1.82) is 0 Å². The molecule has 7 heteroatoms. The van der Waals surface area contributed by atoms with Gasteiger partial charge < -0.3 is 24.2 Å². The van der Waals surface area contributed by atoms with E-state index in [0.29, 0.717) is 25.4 Å². The van der Waals surface area contributed by atoms with Crippen LogP contribution in [0, 0.1) is 0 Å². The lowest BCUT2D eigenvalue weighted by molar-refractivity contribution is 0.188. The van der Waals surface area contributed by atoms with E-state index in [1.54, 1.807) is 0 Å². The van der Waals surface area contributed by atoms with Gasteiger partial charge in [-0.15, -0.1) is 0 Å². The van der Waals surface area contributed by atoms with Crippen molar-refractivity contribution in [3.8, 4) is 0 Å². The van der Waals surface area contributed by atoms with Crippen molar-refractivity contribution in [2.75, 3.05) is 65.2 Å². The molecule has 0 spiro atoms. The molecular weight excluding hydrogens is 325 g/mol. The molecule has 0 bridgehead atoms. The Hall–Kier alpha value is 0.0300. The second kappa shape index (κ2) is 10.9. The van der Waals surface area contributed by atoms with Gasteiger partial charge >= 0.3 is 7.60 Å². The third-order valence-electron chi connectivity index (χ3n) is 4.99. The lowest BCUT2D eigenvalue weighted by Crippen LogP contribution is -2.45. The third kappa shape index (κ3) is 7.11. The molecule has 142 valence electrons.